The summed E-state index contributed by atoms with van der Waals surface area (Å²) in [6.07, 6.45) is 4.04. The minimum Gasteiger partial charge on any atom is -0.380 e. The normalized spacial score (nSPS) is 28.1. The average molecular weight is 155 g/mol. The van der Waals surface area contributed by atoms with Crippen molar-refractivity contribution in [3.63, 3.8) is 0 Å². The summed E-state index contributed by atoms with van der Waals surface area (Å²) < 4.78 is 5.24. The van der Waals surface area contributed by atoms with Gasteiger partial charge in [0.1, 0.15) is 0 Å². The fraction of sp³-hybridized carbons (Fsp3) is 1.00. The number of rotatable bonds is 4. The molecule has 2 nitrogen and oxygen atoms in total. The highest BCUT2D eigenvalue weighted by molar-refractivity contribution is 4.90. The van der Waals surface area contributed by atoms with E-state index in [4.69, 9.17) is 4.74 Å². The van der Waals surface area contributed by atoms with Crippen molar-refractivity contribution in [2.75, 3.05) is 19.8 Å². The molecule has 1 saturated heterocycles. The van der Waals surface area contributed by atoms with Crippen molar-refractivity contribution in [1.82, 2.24) is 5.32 Å². The average Bonchev–Trinajstić information content (AvgIpc) is 2.70. The van der Waals surface area contributed by atoms with Crippen LogP contribution in [0, 0.1) is 5.41 Å². The molecule has 0 spiro atoms. The number of hydrogen-bond acceptors (Lipinski definition) is 2. The van der Waals surface area contributed by atoms with Crippen molar-refractivity contribution < 1.29 is 4.74 Å². The molecule has 0 aromatic heterocycles. The van der Waals surface area contributed by atoms with E-state index < -0.39 is 0 Å². The van der Waals surface area contributed by atoms with Gasteiger partial charge in [-0.25, -0.2) is 0 Å². The first kappa shape index (κ1) is 7.56. The van der Waals surface area contributed by atoms with Crippen LogP contribution in [0.2, 0.25) is 0 Å². The van der Waals surface area contributed by atoms with E-state index in [1.807, 2.05) is 0 Å². The maximum Gasteiger partial charge on any atom is 0.0556 e. The van der Waals surface area contributed by atoms with Gasteiger partial charge in [0.15, 0.2) is 0 Å². The van der Waals surface area contributed by atoms with Gasteiger partial charge in [0.2, 0.25) is 0 Å². The Morgan fingerprint density at radius 1 is 1.45 bits per heavy atom. The lowest BCUT2D eigenvalue weighted by molar-refractivity contribution is -0.113. The molecular formula is C9H17NO. The van der Waals surface area contributed by atoms with Crippen molar-refractivity contribution in [3.05, 3.63) is 0 Å². The molecule has 0 bridgehead atoms. The molecular weight excluding hydrogens is 138 g/mol. The molecule has 0 aromatic carbocycles. The van der Waals surface area contributed by atoms with Gasteiger partial charge in [0.25, 0.3) is 0 Å². The van der Waals surface area contributed by atoms with Gasteiger partial charge in [-0.3, -0.25) is 0 Å². The van der Waals surface area contributed by atoms with Crippen molar-refractivity contribution in [2.24, 2.45) is 5.41 Å². The molecule has 1 aliphatic carbocycles. The molecule has 2 rings (SSSR count). The summed E-state index contributed by atoms with van der Waals surface area (Å²) in [5.74, 6) is 0. The molecule has 0 radical (unpaired) electrons. The van der Waals surface area contributed by atoms with E-state index in [9.17, 15) is 0 Å². The molecule has 0 atom stereocenters. The molecule has 2 aliphatic rings. The van der Waals surface area contributed by atoms with Crippen LogP contribution in [0.1, 0.15) is 26.2 Å². The molecule has 11 heavy (non-hydrogen) atoms. The van der Waals surface area contributed by atoms with Gasteiger partial charge in [-0.05, 0) is 19.3 Å². The first-order valence-corrected chi connectivity index (χ1v) is 4.66. The smallest absolute Gasteiger partial charge is 0.0556 e. The van der Waals surface area contributed by atoms with Crippen LogP contribution in [0.5, 0.6) is 0 Å². The first-order valence-electron chi connectivity index (χ1n) is 4.66. The van der Waals surface area contributed by atoms with Gasteiger partial charge in [0, 0.05) is 18.0 Å². The topological polar surface area (TPSA) is 21.3 Å². The Labute approximate surface area is 68.3 Å². The van der Waals surface area contributed by atoms with Crippen LogP contribution < -0.4 is 5.32 Å². The second-order valence-electron chi connectivity index (χ2n) is 4.00. The fourth-order valence-corrected chi connectivity index (χ4v) is 1.47. The maximum atomic E-state index is 5.24. The Kier molecular flexibility index (Phi) is 1.90. The predicted molar refractivity (Wildman–Crippen MR) is 44.6 cm³/mol. The van der Waals surface area contributed by atoms with Crippen LogP contribution in [-0.4, -0.2) is 25.8 Å². The zero-order valence-corrected chi connectivity index (χ0v) is 7.23. The van der Waals surface area contributed by atoms with E-state index in [-0.39, 0.29) is 0 Å². The van der Waals surface area contributed by atoms with Gasteiger partial charge in [0.05, 0.1) is 13.2 Å². The lowest BCUT2D eigenvalue weighted by atomic mass is 9.83. The van der Waals surface area contributed by atoms with Crippen LogP contribution in [0.25, 0.3) is 0 Å². The second kappa shape index (κ2) is 2.76. The Hall–Kier alpha value is -0.0800. The lowest BCUT2D eigenvalue weighted by Crippen LogP contribution is -2.49. The quantitative estimate of drug-likeness (QED) is 0.658. The standard InChI is InChI=1S/C9H17NO/c1-2-9(6-11-7-9)5-10-8-3-4-8/h8,10H,2-7H2,1H3. The number of nitrogens with one attached hydrogen (secondary N) is 1. The van der Waals surface area contributed by atoms with Crippen molar-refractivity contribution in [1.29, 1.82) is 0 Å². The molecule has 1 N–H and O–H groups in total. The van der Waals surface area contributed by atoms with Crippen LogP contribution in [0.15, 0.2) is 0 Å². The highest BCUT2D eigenvalue weighted by Crippen LogP contribution is 2.31. The Bertz CT molecular complexity index is 133. The summed E-state index contributed by atoms with van der Waals surface area (Å²) >= 11 is 0. The third kappa shape index (κ3) is 1.57. The molecule has 0 aromatic rings. The van der Waals surface area contributed by atoms with E-state index in [1.54, 1.807) is 0 Å². The lowest BCUT2D eigenvalue weighted by Gasteiger charge is -2.41. The summed E-state index contributed by atoms with van der Waals surface area (Å²) in [6, 6.07) is 0.846. The van der Waals surface area contributed by atoms with E-state index in [1.165, 1.54) is 25.8 Å². The van der Waals surface area contributed by atoms with E-state index in [0.717, 1.165) is 19.3 Å². The first-order chi connectivity index (χ1) is 5.35. The van der Waals surface area contributed by atoms with Crippen molar-refractivity contribution in [3.8, 4) is 0 Å². The van der Waals surface area contributed by atoms with Gasteiger partial charge in [-0.2, -0.15) is 0 Å². The van der Waals surface area contributed by atoms with Crippen LogP contribution in [0.4, 0.5) is 0 Å². The van der Waals surface area contributed by atoms with Gasteiger partial charge in [-0.1, -0.05) is 6.92 Å². The maximum absolute atomic E-state index is 5.24. The zero-order chi connectivity index (χ0) is 7.73. The van der Waals surface area contributed by atoms with Gasteiger partial charge in [-0.15, -0.1) is 0 Å². The Morgan fingerprint density at radius 2 is 2.18 bits per heavy atom. The summed E-state index contributed by atoms with van der Waals surface area (Å²) in [6.45, 7) is 5.39. The molecule has 0 unspecified atom stereocenters. The highest BCUT2D eigenvalue weighted by Gasteiger charge is 2.37. The van der Waals surface area contributed by atoms with E-state index in [2.05, 4.69) is 12.2 Å². The summed E-state index contributed by atoms with van der Waals surface area (Å²) in [4.78, 5) is 0. The largest absolute Gasteiger partial charge is 0.380 e. The Balaban J connectivity index is 1.72. The molecule has 2 fully saturated rings. The van der Waals surface area contributed by atoms with Crippen molar-refractivity contribution >= 4 is 0 Å². The molecule has 64 valence electrons. The third-order valence-corrected chi connectivity index (χ3v) is 2.91. The molecule has 1 heterocycles. The summed E-state index contributed by atoms with van der Waals surface area (Å²) in [7, 11) is 0. The molecule has 1 saturated carbocycles. The second-order valence-corrected chi connectivity index (χ2v) is 4.00. The van der Waals surface area contributed by atoms with Crippen molar-refractivity contribution in [2.45, 2.75) is 32.2 Å². The van der Waals surface area contributed by atoms with Crippen LogP contribution in [0.3, 0.4) is 0 Å². The van der Waals surface area contributed by atoms with Crippen LogP contribution in [-0.2, 0) is 4.74 Å². The minimum absolute atomic E-state index is 0.503. The molecule has 1 aliphatic heterocycles. The van der Waals surface area contributed by atoms with Gasteiger partial charge < -0.3 is 10.1 Å². The minimum atomic E-state index is 0.503. The number of hydrogen-bond donors (Lipinski definition) is 1. The molecule has 0 amide bonds. The van der Waals surface area contributed by atoms with Gasteiger partial charge >= 0.3 is 0 Å². The number of ether oxygens (including phenoxy) is 1. The summed E-state index contributed by atoms with van der Waals surface area (Å²) in [5.41, 5.74) is 0.503. The van der Waals surface area contributed by atoms with E-state index >= 15 is 0 Å². The van der Waals surface area contributed by atoms with E-state index in [0.29, 0.717) is 5.41 Å². The SMILES string of the molecule is CCC1(CNC2CC2)COC1. The fourth-order valence-electron chi connectivity index (χ4n) is 1.47. The summed E-state index contributed by atoms with van der Waals surface area (Å²) in [5, 5.41) is 3.57. The predicted octanol–water partition coefficient (Wildman–Crippen LogP) is 1.16. The Morgan fingerprint density at radius 3 is 2.55 bits per heavy atom. The molecule has 2 heteroatoms. The zero-order valence-electron chi connectivity index (χ0n) is 7.23. The highest BCUT2D eigenvalue weighted by atomic mass is 16.5. The monoisotopic (exact) mass is 155 g/mol. The third-order valence-electron chi connectivity index (χ3n) is 2.91. The van der Waals surface area contributed by atoms with Crippen LogP contribution >= 0.6 is 0 Å².